The number of aromatic nitrogens is 2. The molecule has 0 unspecified atom stereocenters. The van der Waals surface area contributed by atoms with Crippen LogP contribution in [0.4, 0.5) is 0 Å². The summed E-state index contributed by atoms with van der Waals surface area (Å²) < 4.78 is 24.2. The molecule has 0 saturated heterocycles. The molecular weight excluding hydrogens is 252 g/mol. The Hall–Kier alpha value is -2.08. The van der Waals surface area contributed by atoms with Gasteiger partial charge in [0.1, 0.15) is 5.69 Å². The molecule has 0 amide bonds. The number of sulfone groups is 1. The molecule has 0 fully saturated rings. The molecule has 0 N–H and O–H groups in total. The summed E-state index contributed by atoms with van der Waals surface area (Å²) in [6.45, 7) is 0. The number of nitrogens with zero attached hydrogens (tertiary/aromatic N) is 2. The lowest BCUT2D eigenvalue weighted by atomic mass is 10.3. The first-order valence-corrected chi connectivity index (χ1v) is 6.81. The van der Waals surface area contributed by atoms with E-state index in [1.165, 1.54) is 24.5 Å². The zero-order valence-electron chi connectivity index (χ0n) is 9.35. The molecule has 0 spiro atoms. The van der Waals surface area contributed by atoms with E-state index >= 15 is 0 Å². The Balaban J connectivity index is 2.37. The number of aldehydes is 1. The lowest BCUT2D eigenvalue weighted by Crippen LogP contribution is -2.09. The highest BCUT2D eigenvalue weighted by molar-refractivity contribution is 7.90. The molecule has 0 radical (unpaired) electrons. The minimum absolute atomic E-state index is 0.0528. The number of carbonyl (C=O) groups is 1. The summed E-state index contributed by atoms with van der Waals surface area (Å²) in [5.74, 6) is -0.334. The Morgan fingerprint density at radius 2 is 1.72 bits per heavy atom. The summed E-state index contributed by atoms with van der Waals surface area (Å²) in [5.41, 5.74) is 0.216. The zero-order valence-corrected chi connectivity index (χ0v) is 10.2. The molecule has 2 rings (SSSR count). The monoisotopic (exact) mass is 262 g/mol. The van der Waals surface area contributed by atoms with Crippen LogP contribution in [0.2, 0.25) is 0 Å². The smallest absolute Gasteiger partial charge is 0.184 e. The van der Waals surface area contributed by atoms with Gasteiger partial charge in [0.05, 0.1) is 16.3 Å². The van der Waals surface area contributed by atoms with Crippen molar-refractivity contribution in [1.29, 1.82) is 0 Å². The fourth-order valence-electron chi connectivity index (χ4n) is 1.48. The van der Waals surface area contributed by atoms with Crippen molar-refractivity contribution in [2.45, 2.75) is 10.6 Å². The van der Waals surface area contributed by atoms with Gasteiger partial charge in [-0.2, -0.15) is 0 Å². The van der Waals surface area contributed by atoms with E-state index in [1.807, 2.05) is 0 Å². The van der Waals surface area contributed by atoms with E-state index < -0.39 is 9.84 Å². The fourth-order valence-corrected chi connectivity index (χ4v) is 2.80. The van der Waals surface area contributed by atoms with Gasteiger partial charge in [-0.25, -0.2) is 13.4 Å². The zero-order chi connectivity index (χ0) is 13.0. The van der Waals surface area contributed by atoms with Gasteiger partial charge < -0.3 is 0 Å². The maximum Gasteiger partial charge on any atom is 0.184 e. The highest BCUT2D eigenvalue weighted by atomic mass is 32.2. The molecule has 5 nitrogen and oxygen atoms in total. The molecule has 18 heavy (non-hydrogen) atoms. The second kappa shape index (κ2) is 5.05. The van der Waals surface area contributed by atoms with E-state index in [-0.39, 0.29) is 22.0 Å². The minimum Gasteiger partial charge on any atom is -0.296 e. The molecule has 2 aromatic rings. The molecule has 0 saturated carbocycles. The van der Waals surface area contributed by atoms with Crippen molar-refractivity contribution in [2.75, 3.05) is 0 Å². The molecule has 0 atom stereocenters. The van der Waals surface area contributed by atoms with Gasteiger partial charge in [-0.1, -0.05) is 18.2 Å². The number of rotatable bonds is 4. The molecule has 6 heteroatoms. The molecule has 1 aromatic heterocycles. The van der Waals surface area contributed by atoms with Crippen molar-refractivity contribution in [3.63, 3.8) is 0 Å². The number of carbonyl (C=O) groups excluding carboxylic acids is 1. The van der Waals surface area contributed by atoms with Crippen molar-refractivity contribution < 1.29 is 13.2 Å². The second-order valence-corrected chi connectivity index (χ2v) is 5.57. The summed E-state index contributed by atoms with van der Waals surface area (Å²) in [5, 5.41) is 0. The van der Waals surface area contributed by atoms with Gasteiger partial charge in [0, 0.05) is 12.4 Å². The molecule has 0 aliphatic heterocycles. The molecule has 92 valence electrons. The van der Waals surface area contributed by atoms with Crippen molar-refractivity contribution in [3.05, 3.63) is 54.1 Å². The van der Waals surface area contributed by atoms with E-state index in [9.17, 15) is 13.2 Å². The van der Waals surface area contributed by atoms with Crippen molar-refractivity contribution >= 4 is 16.1 Å². The lowest BCUT2D eigenvalue weighted by molar-refractivity contribution is 0.111. The summed E-state index contributed by atoms with van der Waals surface area (Å²) in [7, 11) is -3.51. The minimum atomic E-state index is -3.51. The van der Waals surface area contributed by atoms with Crippen molar-refractivity contribution in [2.24, 2.45) is 0 Å². The van der Waals surface area contributed by atoms with Gasteiger partial charge in [-0.05, 0) is 12.1 Å². The number of hydrogen-bond acceptors (Lipinski definition) is 5. The summed E-state index contributed by atoms with van der Waals surface area (Å²) >= 11 is 0. The van der Waals surface area contributed by atoms with E-state index in [1.54, 1.807) is 18.2 Å². The van der Waals surface area contributed by atoms with Crippen molar-refractivity contribution in [3.8, 4) is 0 Å². The Kier molecular flexibility index (Phi) is 3.47. The van der Waals surface area contributed by atoms with Crippen LogP contribution in [-0.4, -0.2) is 24.7 Å². The first-order valence-electron chi connectivity index (χ1n) is 5.16. The standard InChI is InChI=1S/C12H10N2O3S/c15-8-11-12(14-7-6-13-11)9-18(16,17)10-4-2-1-3-5-10/h1-8H,9H2. The second-order valence-electron chi connectivity index (χ2n) is 3.58. The molecular formula is C12H10N2O3S. The third-order valence-electron chi connectivity index (χ3n) is 2.35. The number of benzene rings is 1. The molecule has 0 aliphatic rings. The fraction of sp³-hybridized carbons (Fsp3) is 0.0833. The predicted octanol–water partition coefficient (Wildman–Crippen LogP) is 1.26. The van der Waals surface area contributed by atoms with Gasteiger partial charge in [-0.3, -0.25) is 9.78 Å². The van der Waals surface area contributed by atoms with E-state index in [4.69, 9.17) is 0 Å². The van der Waals surface area contributed by atoms with E-state index in [0.29, 0.717) is 6.29 Å². The highest BCUT2D eigenvalue weighted by Gasteiger charge is 2.18. The van der Waals surface area contributed by atoms with E-state index in [0.717, 1.165) is 0 Å². The van der Waals surface area contributed by atoms with Crippen LogP contribution in [0.1, 0.15) is 16.2 Å². The van der Waals surface area contributed by atoms with Crippen LogP contribution in [0.3, 0.4) is 0 Å². The first-order chi connectivity index (χ1) is 8.63. The SMILES string of the molecule is O=Cc1nccnc1CS(=O)(=O)c1ccccc1. The molecule has 1 aromatic carbocycles. The average Bonchev–Trinajstić information content (AvgIpc) is 2.40. The normalized spacial score (nSPS) is 11.1. The van der Waals surface area contributed by atoms with Crippen LogP contribution in [0.25, 0.3) is 0 Å². The summed E-state index contributed by atoms with van der Waals surface area (Å²) in [4.78, 5) is 18.6. The van der Waals surface area contributed by atoms with Gasteiger partial charge in [-0.15, -0.1) is 0 Å². The molecule has 0 aliphatic carbocycles. The highest BCUT2D eigenvalue weighted by Crippen LogP contribution is 2.15. The van der Waals surface area contributed by atoms with Crippen LogP contribution < -0.4 is 0 Å². The summed E-state index contributed by atoms with van der Waals surface area (Å²) in [6.07, 6.45) is 3.22. The first kappa shape index (κ1) is 12.4. The molecule has 0 bridgehead atoms. The Morgan fingerprint density at radius 3 is 2.39 bits per heavy atom. The Labute approximate surface area is 104 Å². The topological polar surface area (TPSA) is 77.0 Å². The maximum atomic E-state index is 12.1. The number of hydrogen-bond donors (Lipinski definition) is 0. The average molecular weight is 262 g/mol. The van der Waals surface area contributed by atoms with Gasteiger partial charge in [0.15, 0.2) is 16.1 Å². The molecule has 1 heterocycles. The van der Waals surface area contributed by atoms with Gasteiger partial charge >= 0.3 is 0 Å². The summed E-state index contributed by atoms with van der Waals surface area (Å²) in [6, 6.07) is 8.03. The predicted molar refractivity (Wildman–Crippen MR) is 64.8 cm³/mol. The van der Waals surface area contributed by atoms with Crippen LogP contribution >= 0.6 is 0 Å². The van der Waals surface area contributed by atoms with Crippen molar-refractivity contribution in [1.82, 2.24) is 9.97 Å². The van der Waals surface area contributed by atoms with Crippen LogP contribution in [0.15, 0.2) is 47.6 Å². The maximum absolute atomic E-state index is 12.1. The van der Waals surface area contributed by atoms with E-state index in [2.05, 4.69) is 9.97 Å². The van der Waals surface area contributed by atoms with Gasteiger partial charge in [0.25, 0.3) is 0 Å². The lowest BCUT2D eigenvalue weighted by Gasteiger charge is -2.04. The van der Waals surface area contributed by atoms with Crippen LogP contribution in [-0.2, 0) is 15.6 Å². The largest absolute Gasteiger partial charge is 0.296 e. The third kappa shape index (κ3) is 2.60. The van der Waals surface area contributed by atoms with Crippen LogP contribution in [0.5, 0.6) is 0 Å². The quantitative estimate of drug-likeness (QED) is 0.775. The Bertz CT molecular complexity index is 654. The Morgan fingerprint density at radius 1 is 1.06 bits per heavy atom. The third-order valence-corrected chi connectivity index (χ3v) is 3.99. The van der Waals surface area contributed by atoms with Gasteiger partial charge in [0.2, 0.25) is 0 Å². The van der Waals surface area contributed by atoms with Crippen LogP contribution in [0, 0.1) is 0 Å².